The van der Waals surface area contributed by atoms with Crippen molar-refractivity contribution in [1.29, 1.82) is 0 Å². The van der Waals surface area contributed by atoms with E-state index in [1.54, 1.807) is 11.3 Å². The van der Waals surface area contributed by atoms with Gasteiger partial charge < -0.3 is 14.7 Å². The lowest BCUT2D eigenvalue weighted by Gasteiger charge is -2.35. The SMILES string of the molecule is CN(C)c1ccc(-c2ccnc(N3C[C@@H]4CC[C@H](C3)N(Cc3cscn3)C4=O)n2)cc1. The Hall–Kier alpha value is -3.00. The third-order valence-corrected chi connectivity index (χ3v) is 6.85. The van der Waals surface area contributed by atoms with Crippen LogP contribution >= 0.6 is 11.3 Å². The molecule has 0 unspecified atom stereocenters. The molecule has 3 aliphatic heterocycles. The highest BCUT2D eigenvalue weighted by molar-refractivity contribution is 7.07. The quantitative estimate of drug-likeness (QED) is 0.614. The summed E-state index contributed by atoms with van der Waals surface area (Å²) in [6.07, 6.45) is 3.77. The summed E-state index contributed by atoms with van der Waals surface area (Å²) in [5.41, 5.74) is 5.91. The van der Waals surface area contributed by atoms with Gasteiger partial charge in [-0.15, -0.1) is 11.3 Å². The monoisotopic (exact) mass is 434 g/mol. The molecule has 3 fully saturated rings. The number of carbonyl (C=O) groups excluding carboxylic acids is 1. The zero-order valence-corrected chi connectivity index (χ0v) is 18.6. The van der Waals surface area contributed by atoms with Crippen LogP contribution in [-0.4, -0.2) is 59.0 Å². The Morgan fingerprint density at radius 2 is 1.94 bits per heavy atom. The van der Waals surface area contributed by atoms with E-state index in [-0.39, 0.29) is 17.9 Å². The molecule has 160 valence electrons. The predicted octanol–water partition coefficient (Wildman–Crippen LogP) is 3.29. The smallest absolute Gasteiger partial charge is 0.228 e. The summed E-state index contributed by atoms with van der Waals surface area (Å²) in [5, 5.41) is 2.03. The van der Waals surface area contributed by atoms with Crippen LogP contribution in [0.1, 0.15) is 18.5 Å². The molecular weight excluding hydrogens is 408 g/mol. The molecule has 2 aromatic heterocycles. The normalized spacial score (nSPS) is 20.8. The minimum Gasteiger partial charge on any atom is -0.378 e. The van der Waals surface area contributed by atoms with Crippen LogP contribution in [0.3, 0.4) is 0 Å². The minimum absolute atomic E-state index is 0.0102. The van der Waals surface area contributed by atoms with Gasteiger partial charge in [-0.05, 0) is 31.0 Å². The van der Waals surface area contributed by atoms with Crippen LogP contribution in [0.5, 0.6) is 0 Å². The van der Waals surface area contributed by atoms with Crippen LogP contribution in [0.15, 0.2) is 47.4 Å². The van der Waals surface area contributed by atoms with Gasteiger partial charge in [0, 0.05) is 56.1 Å². The summed E-state index contributed by atoms with van der Waals surface area (Å²) in [6.45, 7) is 2.03. The summed E-state index contributed by atoms with van der Waals surface area (Å²) in [7, 11) is 4.06. The van der Waals surface area contributed by atoms with Crippen LogP contribution in [0.4, 0.5) is 11.6 Å². The van der Waals surface area contributed by atoms with Gasteiger partial charge in [0.15, 0.2) is 0 Å². The number of carbonyl (C=O) groups is 1. The van der Waals surface area contributed by atoms with E-state index in [1.807, 2.05) is 42.1 Å². The highest BCUT2D eigenvalue weighted by atomic mass is 32.1. The molecule has 31 heavy (non-hydrogen) atoms. The Balaban J connectivity index is 1.38. The van der Waals surface area contributed by atoms with E-state index < -0.39 is 0 Å². The molecule has 0 spiro atoms. The molecule has 5 heterocycles. The molecule has 0 N–H and O–H groups in total. The van der Waals surface area contributed by atoms with Crippen molar-refractivity contribution in [3.63, 3.8) is 0 Å². The van der Waals surface area contributed by atoms with Crippen molar-refractivity contribution in [2.75, 3.05) is 37.0 Å². The second-order valence-corrected chi connectivity index (χ2v) is 9.18. The van der Waals surface area contributed by atoms with Gasteiger partial charge in [0.05, 0.1) is 29.4 Å². The number of aromatic nitrogens is 3. The van der Waals surface area contributed by atoms with Gasteiger partial charge in [-0.3, -0.25) is 4.79 Å². The molecule has 3 aromatic rings. The lowest BCUT2D eigenvalue weighted by molar-refractivity contribution is -0.140. The van der Waals surface area contributed by atoms with E-state index in [4.69, 9.17) is 4.98 Å². The Morgan fingerprint density at radius 1 is 1.10 bits per heavy atom. The highest BCUT2D eigenvalue weighted by Gasteiger charge is 2.41. The molecule has 6 rings (SSSR count). The topological polar surface area (TPSA) is 65.5 Å². The summed E-state index contributed by atoms with van der Waals surface area (Å²) < 4.78 is 0. The molecule has 1 amide bonds. The number of rotatable bonds is 5. The summed E-state index contributed by atoms with van der Waals surface area (Å²) >= 11 is 1.57. The lowest BCUT2D eigenvalue weighted by Crippen LogP contribution is -2.47. The largest absolute Gasteiger partial charge is 0.378 e. The van der Waals surface area contributed by atoms with E-state index in [2.05, 4.69) is 44.0 Å². The van der Waals surface area contributed by atoms with Gasteiger partial charge in [0.25, 0.3) is 0 Å². The summed E-state index contributed by atoms with van der Waals surface area (Å²) in [6, 6.07) is 10.5. The second-order valence-electron chi connectivity index (χ2n) is 8.46. The number of benzene rings is 1. The average Bonchev–Trinajstić information content (AvgIpc) is 3.16. The molecular formula is C23H26N6OS. The molecule has 7 nitrogen and oxygen atoms in total. The number of piperidine rings is 1. The van der Waals surface area contributed by atoms with E-state index >= 15 is 0 Å². The van der Waals surface area contributed by atoms with Crippen molar-refractivity contribution >= 4 is 28.9 Å². The van der Waals surface area contributed by atoms with Crippen molar-refractivity contribution in [2.45, 2.75) is 25.4 Å². The standard InChI is InChI=1S/C23H26N6OS/c1-27(2)19-6-3-16(4-7-19)21-9-10-24-23(26-21)28-11-17-5-8-20(13-28)29(22(17)30)12-18-14-31-15-25-18/h3-4,6-7,9-10,14-15,17,20H,5,8,11-13H2,1-2H3/t17-,20+/m0/s1. The average molecular weight is 435 g/mol. The first-order valence-electron chi connectivity index (χ1n) is 10.6. The van der Waals surface area contributed by atoms with E-state index in [0.29, 0.717) is 19.0 Å². The number of fused-ring (bicyclic) bond motifs is 4. The van der Waals surface area contributed by atoms with Crippen molar-refractivity contribution in [1.82, 2.24) is 19.9 Å². The van der Waals surface area contributed by atoms with Crippen molar-refractivity contribution in [3.8, 4) is 11.3 Å². The molecule has 8 heteroatoms. The number of amides is 1. The fraction of sp³-hybridized carbons (Fsp3) is 0.391. The van der Waals surface area contributed by atoms with Crippen molar-refractivity contribution < 1.29 is 4.79 Å². The molecule has 3 aliphatic rings. The predicted molar refractivity (Wildman–Crippen MR) is 123 cm³/mol. The van der Waals surface area contributed by atoms with Crippen LogP contribution in [-0.2, 0) is 11.3 Å². The zero-order valence-electron chi connectivity index (χ0n) is 17.8. The van der Waals surface area contributed by atoms with E-state index in [0.717, 1.165) is 42.0 Å². The first-order valence-corrected chi connectivity index (χ1v) is 11.6. The number of nitrogens with zero attached hydrogens (tertiary/aromatic N) is 6. The second kappa shape index (κ2) is 8.26. The molecule has 2 atom stereocenters. The van der Waals surface area contributed by atoms with Gasteiger partial charge >= 0.3 is 0 Å². The first kappa shape index (κ1) is 19.9. The van der Waals surface area contributed by atoms with Crippen molar-refractivity contribution in [2.24, 2.45) is 5.92 Å². The maximum absolute atomic E-state index is 13.1. The molecule has 2 bridgehead atoms. The number of hydrogen-bond donors (Lipinski definition) is 0. The van der Waals surface area contributed by atoms with Crippen LogP contribution < -0.4 is 9.80 Å². The maximum atomic E-state index is 13.1. The minimum atomic E-state index is -0.0102. The number of anilines is 2. The van der Waals surface area contributed by atoms with Gasteiger partial charge in [-0.2, -0.15) is 0 Å². The van der Waals surface area contributed by atoms with Crippen LogP contribution in [0, 0.1) is 5.92 Å². The lowest BCUT2D eigenvalue weighted by atomic mass is 9.94. The van der Waals surface area contributed by atoms with Gasteiger partial charge in [0.1, 0.15) is 0 Å². The highest BCUT2D eigenvalue weighted by Crippen LogP contribution is 2.32. The number of hydrogen-bond acceptors (Lipinski definition) is 7. The number of thiazole rings is 1. The van der Waals surface area contributed by atoms with Crippen molar-refractivity contribution in [3.05, 3.63) is 53.1 Å². The molecule has 0 aliphatic carbocycles. The molecule has 1 aromatic carbocycles. The molecule has 0 saturated carbocycles. The summed E-state index contributed by atoms with van der Waals surface area (Å²) in [4.78, 5) is 33.2. The Labute approximate surface area is 186 Å². The van der Waals surface area contributed by atoms with E-state index in [1.165, 1.54) is 0 Å². The van der Waals surface area contributed by atoms with Gasteiger partial charge in [0.2, 0.25) is 11.9 Å². The van der Waals surface area contributed by atoms with Gasteiger partial charge in [-0.25, -0.2) is 15.0 Å². The summed E-state index contributed by atoms with van der Waals surface area (Å²) in [5.74, 6) is 0.931. The fourth-order valence-electron chi connectivity index (χ4n) is 4.49. The molecule has 3 saturated heterocycles. The van der Waals surface area contributed by atoms with Gasteiger partial charge in [-0.1, -0.05) is 12.1 Å². The van der Waals surface area contributed by atoms with Crippen LogP contribution in [0.25, 0.3) is 11.3 Å². The third kappa shape index (κ3) is 3.99. The van der Waals surface area contributed by atoms with E-state index in [9.17, 15) is 4.79 Å². The zero-order chi connectivity index (χ0) is 21.4. The molecule has 0 radical (unpaired) electrons. The first-order chi connectivity index (χ1) is 15.1. The Morgan fingerprint density at radius 3 is 2.68 bits per heavy atom. The third-order valence-electron chi connectivity index (χ3n) is 6.21. The fourth-order valence-corrected chi connectivity index (χ4v) is 5.04. The Bertz CT molecular complexity index is 1050. The Kier molecular flexibility index (Phi) is 5.31. The van der Waals surface area contributed by atoms with Crippen LogP contribution in [0.2, 0.25) is 0 Å². The maximum Gasteiger partial charge on any atom is 0.228 e.